The number of aryl methyl sites for hydroxylation is 2. The molecule has 0 saturated heterocycles. The van der Waals surface area contributed by atoms with E-state index in [9.17, 15) is 8.78 Å². The van der Waals surface area contributed by atoms with Gasteiger partial charge in [-0.3, -0.25) is 0 Å². The van der Waals surface area contributed by atoms with Crippen molar-refractivity contribution in [1.82, 2.24) is 0 Å². The number of benzene rings is 3. The molecule has 1 saturated carbocycles. The van der Waals surface area contributed by atoms with Crippen molar-refractivity contribution in [3.8, 4) is 0 Å². The second-order valence-electron chi connectivity index (χ2n) is 10.7. The van der Waals surface area contributed by atoms with E-state index >= 15 is 0 Å². The normalized spacial score (nSPS) is 19.0. The van der Waals surface area contributed by atoms with Gasteiger partial charge < -0.3 is 0 Å². The largest absolute Gasteiger partial charge is 0.207 e. The Morgan fingerprint density at radius 1 is 0.833 bits per heavy atom. The highest BCUT2D eigenvalue weighted by molar-refractivity contribution is 5.30. The molecule has 0 unspecified atom stereocenters. The number of rotatable bonds is 10. The Bertz CT molecular complexity index is 1080. The van der Waals surface area contributed by atoms with Crippen molar-refractivity contribution in [2.75, 3.05) is 0 Å². The van der Waals surface area contributed by atoms with Crippen LogP contribution in [0.5, 0.6) is 0 Å². The van der Waals surface area contributed by atoms with Crippen LogP contribution in [0.25, 0.3) is 0 Å². The maximum absolute atomic E-state index is 14.9. The van der Waals surface area contributed by atoms with Gasteiger partial charge in [-0.05, 0) is 117 Å². The lowest BCUT2D eigenvalue weighted by Crippen LogP contribution is -2.14. The predicted molar refractivity (Wildman–Crippen MR) is 148 cm³/mol. The maximum Gasteiger partial charge on any atom is 0.129 e. The number of halogens is 2. The molecule has 0 amide bonds. The van der Waals surface area contributed by atoms with E-state index in [4.69, 9.17) is 0 Å². The maximum atomic E-state index is 14.9. The van der Waals surface area contributed by atoms with E-state index in [1.54, 1.807) is 12.1 Å². The van der Waals surface area contributed by atoms with Crippen LogP contribution >= 0.6 is 0 Å². The molecule has 0 bridgehead atoms. The van der Waals surface area contributed by atoms with Crippen LogP contribution in [0.15, 0.2) is 78.9 Å². The van der Waals surface area contributed by atoms with Crippen molar-refractivity contribution in [3.63, 3.8) is 0 Å². The average molecular weight is 487 g/mol. The van der Waals surface area contributed by atoms with Crippen molar-refractivity contribution < 1.29 is 8.78 Å². The molecule has 1 aliphatic carbocycles. The summed E-state index contributed by atoms with van der Waals surface area (Å²) in [5.74, 6) is 0.568. The molecule has 0 aromatic heterocycles. The molecule has 36 heavy (non-hydrogen) atoms. The Labute approximate surface area is 216 Å². The summed E-state index contributed by atoms with van der Waals surface area (Å²) in [7, 11) is 0. The van der Waals surface area contributed by atoms with Crippen LogP contribution in [-0.4, -0.2) is 0 Å². The van der Waals surface area contributed by atoms with Gasteiger partial charge in [-0.1, -0.05) is 73.7 Å². The van der Waals surface area contributed by atoms with Crippen molar-refractivity contribution in [1.29, 1.82) is 0 Å². The lowest BCUT2D eigenvalue weighted by molar-refractivity contribution is 0.310. The van der Waals surface area contributed by atoms with Crippen LogP contribution in [0, 0.1) is 17.6 Å². The smallest absolute Gasteiger partial charge is 0.129 e. The molecule has 3 aromatic carbocycles. The molecular formula is C34H40F2. The molecule has 1 aliphatic rings. The quantitative estimate of drug-likeness (QED) is 0.250. The minimum absolute atomic E-state index is 0.0747. The van der Waals surface area contributed by atoms with Gasteiger partial charge >= 0.3 is 0 Å². The highest BCUT2D eigenvalue weighted by Crippen LogP contribution is 2.38. The van der Waals surface area contributed by atoms with Gasteiger partial charge in [0.15, 0.2) is 0 Å². The Morgan fingerprint density at radius 3 is 2.14 bits per heavy atom. The zero-order valence-corrected chi connectivity index (χ0v) is 21.9. The molecule has 190 valence electrons. The Kier molecular flexibility index (Phi) is 9.50. The molecule has 4 rings (SSSR count). The van der Waals surface area contributed by atoms with Gasteiger partial charge in [-0.25, -0.2) is 8.78 Å². The van der Waals surface area contributed by atoms with Gasteiger partial charge in [0.05, 0.1) is 0 Å². The first kappa shape index (κ1) is 26.3. The summed E-state index contributed by atoms with van der Waals surface area (Å²) in [6.45, 7) is 4.10. The summed E-state index contributed by atoms with van der Waals surface area (Å²) in [4.78, 5) is 0. The number of hydrogen-bond acceptors (Lipinski definition) is 0. The third kappa shape index (κ3) is 7.15. The first-order valence-electron chi connectivity index (χ1n) is 13.7. The first-order chi connectivity index (χ1) is 17.5. The number of allylic oxidation sites excluding steroid dienone is 2. The van der Waals surface area contributed by atoms with Crippen LogP contribution in [0.1, 0.15) is 92.0 Å². The fraction of sp³-hybridized carbons (Fsp3) is 0.412. The molecule has 2 heteroatoms. The summed E-state index contributed by atoms with van der Waals surface area (Å²) in [5.41, 5.74) is 4.98. The van der Waals surface area contributed by atoms with Crippen molar-refractivity contribution in [2.45, 2.75) is 83.5 Å². The topological polar surface area (TPSA) is 0 Å². The van der Waals surface area contributed by atoms with E-state index in [1.165, 1.54) is 36.8 Å². The molecule has 0 radical (unpaired) electrons. The first-order valence-corrected chi connectivity index (χ1v) is 13.7. The van der Waals surface area contributed by atoms with Crippen molar-refractivity contribution in [3.05, 3.63) is 118 Å². The highest BCUT2D eigenvalue weighted by Gasteiger charge is 2.23. The van der Waals surface area contributed by atoms with Gasteiger partial charge in [0, 0.05) is 5.56 Å². The standard InChI is InChI=1S/C34H40F2/c1-3-4-6-9-26-14-18-30(19-15-26)31-20-16-27(17-21-31)12-13-28-23-33(35)32(34(36)24-28)22-25(2)29-10-7-5-8-11-29/h3-5,7-8,10-11,14-15,18-19,23-25,27,31H,6,9,12-13,16-17,20-22H2,1-2H3/t25-,27?,31?/m1/s1. The summed E-state index contributed by atoms with van der Waals surface area (Å²) >= 11 is 0. The van der Waals surface area contributed by atoms with Crippen LogP contribution in [0.4, 0.5) is 8.78 Å². The van der Waals surface area contributed by atoms with Crippen LogP contribution in [-0.2, 0) is 19.3 Å². The van der Waals surface area contributed by atoms with Gasteiger partial charge in [-0.15, -0.1) is 0 Å². The third-order valence-electron chi connectivity index (χ3n) is 8.05. The van der Waals surface area contributed by atoms with Gasteiger partial charge in [0.2, 0.25) is 0 Å². The van der Waals surface area contributed by atoms with Crippen LogP contribution < -0.4 is 0 Å². The molecule has 1 atom stereocenters. The third-order valence-corrected chi connectivity index (χ3v) is 8.05. The molecule has 3 aromatic rings. The van der Waals surface area contributed by atoms with Crippen LogP contribution in [0.3, 0.4) is 0 Å². The molecule has 1 fully saturated rings. The van der Waals surface area contributed by atoms with Gasteiger partial charge in [0.1, 0.15) is 11.6 Å². The Morgan fingerprint density at radius 2 is 1.50 bits per heavy atom. The molecule has 0 aliphatic heterocycles. The zero-order valence-electron chi connectivity index (χ0n) is 21.9. The summed E-state index contributed by atoms with van der Waals surface area (Å²) < 4.78 is 29.7. The van der Waals surface area contributed by atoms with E-state index in [2.05, 4.69) is 43.3 Å². The number of hydrogen-bond donors (Lipinski definition) is 0. The Hall–Kier alpha value is -2.74. The van der Waals surface area contributed by atoms with E-state index in [-0.39, 0.29) is 11.5 Å². The zero-order chi connectivity index (χ0) is 25.3. The van der Waals surface area contributed by atoms with Gasteiger partial charge in [0.25, 0.3) is 0 Å². The van der Waals surface area contributed by atoms with Crippen LogP contribution in [0.2, 0.25) is 0 Å². The summed E-state index contributed by atoms with van der Waals surface area (Å²) in [6, 6.07) is 22.3. The van der Waals surface area contributed by atoms with Crippen molar-refractivity contribution >= 4 is 0 Å². The average Bonchev–Trinajstić information content (AvgIpc) is 2.91. The van der Waals surface area contributed by atoms with E-state index in [1.807, 2.05) is 37.3 Å². The van der Waals surface area contributed by atoms with E-state index in [0.29, 0.717) is 18.3 Å². The molecule has 0 heterocycles. The fourth-order valence-corrected chi connectivity index (χ4v) is 5.73. The molecular weight excluding hydrogens is 446 g/mol. The summed E-state index contributed by atoms with van der Waals surface area (Å²) in [5, 5.41) is 0. The molecule has 0 N–H and O–H groups in total. The minimum Gasteiger partial charge on any atom is -0.207 e. The molecule has 0 nitrogen and oxygen atoms in total. The highest BCUT2D eigenvalue weighted by atomic mass is 19.1. The second-order valence-corrected chi connectivity index (χ2v) is 10.7. The fourth-order valence-electron chi connectivity index (χ4n) is 5.73. The Balaban J connectivity index is 1.26. The van der Waals surface area contributed by atoms with Crippen molar-refractivity contribution in [2.24, 2.45) is 5.92 Å². The second kappa shape index (κ2) is 13.0. The van der Waals surface area contributed by atoms with E-state index in [0.717, 1.165) is 36.8 Å². The van der Waals surface area contributed by atoms with E-state index < -0.39 is 11.6 Å². The van der Waals surface area contributed by atoms with Gasteiger partial charge in [-0.2, -0.15) is 0 Å². The predicted octanol–water partition coefficient (Wildman–Crippen LogP) is 9.73. The lowest BCUT2D eigenvalue weighted by Gasteiger charge is -2.29. The SMILES string of the molecule is CC=CCCc1ccc(C2CCC(CCc3cc(F)c(C[C@@H](C)c4ccccc4)c(F)c3)CC2)cc1. The minimum atomic E-state index is -0.398. The lowest BCUT2D eigenvalue weighted by atomic mass is 9.76. The summed E-state index contributed by atoms with van der Waals surface area (Å²) in [6.07, 6.45) is 13.5. The monoisotopic (exact) mass is 486 g/mol. The molecule has 0 spiro atoms.